The van der Waals surface area contributed by atoms with E-state index in [1.54, 1.807) is 24.3 Å². The van der Waals surface area contributed by atoms with Gasteiger partial charge in [-0.05, 0) is 49.2 Å². The molecular formula is C19H20N2O4. The first-order valence-electron chi connectivity index (χ1n) is 8.08. The van der Waals surface area contributed by atoms with Gasteiger partial charge in [0.2, 0.25) is 5.91 Å². The van der Waals surface area contributed by atoms with Gasteiger partial charge < -0.3 is 20.1 Å². The Kier molecular flexibility index (Phi) is 4.88. The van der Waals surface area contributed by atoms with Crippen molar-refractivity contribution in [1.82, 2.24) is 5.32 Å². The van der Waals surface area contributed by atoms with E-state index in [2.05, 4.69) is 10.6 Å². The van der Waals surface area contributed by atoms with E-state index in [1.165, 1.54) is 0 Å². The molecule has 0 aromatic heterocycles. The number of amides is 2. The van der Waals surface area contributed by atoms with Gasteiger partial charge in [-0.3, -0.25) is 9.59 Å². The SMILES string of the molecule is Cc1ccc(C(=O)NCC(=O)Nc2ccc3c(c2)OCCO3)cc1C. The number of fused-ring (bicyclic) bond motifs is 1. The molecule has 0 unspecified atom stereocenters. The van der Waals surface area contributed by atoms with Crippen LogP contribution in [0.15, 0.2) is 36.4 Å². The molecule has 130 valence electrons. The van der Waals surface area contributed by atoms with Crippen molar-refractivity contribution >= 4 is 17.5 Å². The fourth-order valence-electron chi connectivity index (χ4n) is 2.47. The number of rotatable bonds is 4. The quantitative estimate of drug-likeness (QED) is 0.896. The van der Waals surface area contributed by atoms with Crippen LogP contribution in [0.25, 0.3) is 0 Å². The van der Waals surface area contributed by atoms with Crippen molar-refractivity contribution in [3.8, 4) is 11.5 Å². The fourth-order valence-corrected chi connectivity index (χ4v) is 2.47. The summed E-state index contributed by atoms with van der Waals surface area (Å²) in [7, 11) is 0. The lowest BCUT2D eigenvalue weighted by atomic mass is 10.1. The van der Waals surface area contributed by atoms with Crippen molar-refractivity contribution in [3.63, 3.8) is 0 Å². The molecule has 6 heteroatoms. The first-order chi connectivity index (χ1) is 12.0. The Morgan fingerprint density at radius 3 is 2.48 bits per heavy atom. The van der Waals surface area contributed by atoms with Crippen LogP contribution in [0.3, 0.4) is 0 Å². The number of aryl methyl sites for hydroxylation is 2. The van der Waals surface area contributed by atoms with E-state index in [0.717, 1.165) is 11.1 Å². The maximum absolute atomic E-state index is 12.1. The molecule has 3 rings (SSSR count). The van der Waals surface area contributed by atoms with E-state index >= 15 is 0 Å². The highest BCUT2D eigenvalue weighted by atomic mass is 16.6. The summed E-state index contributed by atoms with van der Waals surface area (Å²) < 4.78 is 10.9. The summed E-state index contributed by atoms with van der Waals surface area (Å²) in [5, 5.41) is 5.35. The zero-order chi connectivity index (χ0) is 17.8. The van der Waals surface area contributed by atoms with Gasteiger partial charge in [-0.2, -0.15) is 0 Å². The summed E-state index contributed by atoms with van der Waals surface area (Å²) >= 11 is 0. The van der Waals surface area contributed by atoms with E-state index in [1.807, 2.05) is 26.0 Å². The van der Waals surface area contributed by atoms with Crippen molar-refractivity contribution < 1.29 is 19.1 Å². The summed E-state index contributed by atoms with van der Waals surface area (Å²) in [6.45, 7) is 4.82. The number of carbonyl (C=O) groups excluding carboxylic acids is 2. The third kappa shape index (κ3) is 4.09. The van der Waals surface area contributed by atoms with Crippen LogP contribution < -0.4 is 20.1 Å². The Bertz CT molecular complexity index is 817. The van der Waals surface area contributed by atoms with Gasteiger partial charge in [0.25, 0.3) is 5.91 Å². The van der Waals surface area contributed by atoms with Crippen LogP contribution in [0.5, 0.6) is 11.5 Å². The molecule has 0 atom stereocenters. The minimum atomic E-state index is -0.311. The number of hydrogen-bond acceptors (Lipinski definition) is 4. The van der Waals surface area contributed by atoms with Crippen LogP contribution in [-0.4, -0.2) is 31.6 Å². The number of anilines is 1. The highest BCUT2D eigenvalue weighted by Crippen LogP contribution is 2.32. The molecule has 2 N–H and O–H groups in total. The Labute approximate surface area is 146 Å². The van der Waals surface area contributed by atoms with Crippen molar-refractivity contribution in [2.75, 3.05) is 25.1 Å². The van der Waals surface area contributed by atoms with Crippen LogP contribution in [0.1, 0.15) is 21.5 Å². The largest absolute Gasteiger partial charge is 0.486 e. The lowest BCUT2D eigenvalue weighted by Gasteiger charge is -2.19. The molecular weight excluding hydrogens is 320 g/mol. The van der Waals surface area contributed by atoms with Gasteiger partial charge in [-0.15, -0.1) is 0 Å². The molecule has 0 aliphatic carbocycles. The predicted octanol–water partition coefficient (Wildman–Crippen LogP) is 2.44. The standard InChI is InChI=1S/C19H20N2O4/c1-12-3-4-14(9-13(12)2)19(23)20-11-18(22)21-15-5-6-16-17(10-15)25-8-7-24-16/h3-6,9-10H,7-8,11H2,1-2H3,(H,20,23)(H,21,22). The van der Waals surface area contributed by atoms with E-state index in [-0.39, 0.29) is 18.4 Å². The molecule has 0 radical (unpaired) electrons. The Morgan fingerprint density at radius 1 is 0.960 bits per heavy atom. The normalized spacial score (nSPS) is 12.4. The van der Waals surface area contributed by atoms with Crippen molar-refractivity contribution in [1.29, 1.82) is 0 Å². The van der Waals surface area contributed by atoms with E-state index in [9.17, 15) is 9.59 Å². The van der Waals surface area contributed by atoms with E-state index in [4.69, 9.17) is 9.47 Å². The van der Waals surface area contributed by atoms with Crippen LogP contribution in [0.4, 0.5) is 5.69 Å². The molecule has 0 spiro atoms. The number of benzene rings is 2. The molecule has 1 aliphatic rings. The fraction of sp³-hybridized carbons (Fsp3) is 0.263. The maximum atomic E-state index is 12.1. The topological polar surface area (TPSA) is 76.7 Å². The second-order valence-electron chi connectivity index (χ2n) is 5.89. The molecule has 0 fully saturated rings. The molecule has 1 aliphatic heterocycles. The van der Waals surface area contributed by atoms with Gasteiger partial charge in [0, 0.05) is 17.3 Å². The summed E-state index contributed by atoms with van der Waals surface area (Å²) in [6.07, 6.45) is 0. The maximum Gasteiger partial charge on any atom is 0.251 e. The first-order valence-corrected chi connectivity index (χ1v) is 8.08. The Hall–Kier alpha value is -3.02. The molecule has 2 aromatic carbocycles. The second-order valence-corrected chi connectivity index (χ2v) is 5.89. The highest BCUT2D eigenvalue weighted by Gasteiger charge is 2.13. The van der Waals surface area contributed by atoms with Crippen molar-refractivity contribution in [2.45, 2.75) is 13.8 Å². The number of ether oxygens (including phenoxy) is 2. The Balaban J connectivity index is 1.55. The van der Waals surface area contributed by atoms with Gasteiger partial charge in [0.15, 0.2) is 11.5 Å². The van der Waals surface area contributed by atoms with Gasteiger partial charge in [-0.1, -0.05) is 6.07 Å². The average molecular weight is 340 g/mol. The summed E-state index contributed by atoms with van der Waals surface area (Å²) in [4.78, 5) is 24.2. The molecule has 0 saturated heterocycles. The lowest BCUT2D eigenvalue weighted by molar-refractivity contribution is -0.115. The van der Waals surface area contributed by atoms with Gasteiger partial charge in [0.1, 0.15) is 13.2 Å². The third-order valence-corrected chi connectivity index (χ3v) is 4.00. The van der Waals surface area contributed by atoms with Crippen LogP contribution in [0, 0.1) is 13.8 Å². The van der Waals surface area contributed by atoms with Crippen LogP contribution >= 0.6 is 0 Å². The molecule has 2 aromatic rings. The van der Waals surface area contributed by atoms with Crippen LogP contribution in [-0.2, 0) is 4.79 Å². The summed E-state index contributed by atoms with van der Waals surface area (Å²) in [6, 6.07) is 10.6. The first kappa shape index (κ1) is 16.8. The molecule has 2 amide bonds. The minimum absolute atomic E-state index is 0.111. The predicted molar refractivity (Wildman–Crippen MR) is 94.3 cm³/mol. The lowest BCUT2D eigenvalue weighted by Crippen LogP contribution is -2.32. The van der Waals surface area contributed by atoms with E-state index in [0.29, 0.717) is 36.0 Å². The minimum Gasteiger partial charge on any atom is -0.486 e. The number of nitrogens with one attached hydrogen (secondary N) is 2. The molecule has 0 bridgehead atoms. The average Bonchev–Trinajstić information content (AvgIpc) is 2.62. The Morgan fingerprint density at radius 2 is 1.72 bits per heavy atom. The number of hydrogen-bond donors (Lipinski definition) is 2. The zero-order valence-electron chi connectivity index (χ0n) is 14.2. The van der Waals surface area contributed by atoms with Gasteiger partial charge in [0.05, 0.1) is 6.54 Å². The third-order valence-electron chi connectivity index (χ3n) is 4.00. The molecule has 0 saturated carbocycles. The second kappa shape index (κ2) is 7.25. The van der Waals surface area contributed by atoms with Gasteiger partial charge >= 0.3 is 0 Å². The molecule has 6 nitrogen and oxygen atoms in total. The summed E-state index contributed by atoms with van der Waals surface area (Å²) in [5.41, 5.74) is 3.28. The van der Waals surface area contributed by atoms with Crippen molar-refractivity contribution in [3.05, 3.63) is 53.1 Å². The van der Waals surface area contributed by atoms with Crippen molar-refractivity contribution in [2.24, 2.45) is 0 Å². The van der Waals surface area contributed by atoms with E-state index < -0.39 is 0 Å². The number of carbonyl (C=O) groups is 2. The molecule has 25 heavy (non-hydrogen) atoms. The highest BCUT2D eigenvalue weighted by molar-refractivity contribution is 5.99. The smallest absolute Gasteiger partial charge is 0.251 e. The summed E-state index contributed by atoms with van der Waals surface area (Å²) in [5.74, 6) is 0.671. The molecule has 1 heterocycles. The van der Waals surface area contributed by atoms with Gasteiger partial charge in [-0.25, -0.2) is 0 Å². The van der Waals surface area contributed by atoms with Crippen LogP contribution in [0.2, 0.25) is 0 Å². The zero-order valence-corrected chi connectivity index (χ0v) is 14.2. The monoisotopic (exact) mass is 340 g/mol.